The van der Waals surface area contributed by atoms with E-state index in [9.17, 15) is 8.78 Å². The molecule has 1 aliphatic heterocycles. The Morgan fingerprint density at radius 3 is 2.86 bits per heavy atom. The van der Waals surface area contributed by atoms with Crippen LogP contribution < -0.4 is 4.90 Å². The fourth-order valence-corrected chi connectivity index (χ4v) is 2.82. The third-order valence-corrected chi connectivity index (χ3v) is 4.09. The molecular weight excluding hydrogens is 276 g/mol. The number of halogens is 2. The van der Waals surface area contributed by atoms with Gasteiger partial charge in [0.05, 0.1) is 6.54 Å². The predicted octanol–water partition coefficient (Wildman–Crippen LogP) is 3.18. The summed E-state index contributed by atoms with van der Waals surface area (Å²) in [5, 5.41) is 3.98. The molecular formula is C15H15F2N3O. The molecule has 110 valence electrons. The van der Waals surface area contributed by atoms with Crippen LogP contribution in [0.3, 0.4) is 0 Å². The lowest BCUT2D eigenvalue weighted by molar-refractivity contribution is 0.369. The second-order valence-corrected chi connectivity index (χ2v) is 5.74. The Labute approximate surface area is 120 Å². The molecule has 1 aromatic carbocycles. The fourth-order valence-electron chi connectivity index (χ4n) is 2.82. The van der Waals surface area contributed by atoms with Crippen molar-refractivity contribution in [3.8, 4) is 0 Å². The van der Waals surface area contributed by atoms with Crippen LogP contribution in [0.1, 0.15) is 42.5 Å². The average Bonchev–Trinajstić information content (AvgIpc) is 3.22. The van der Waals surface area contributed by atoms with Gasteiger partial charge in [-0.05, 0) is 37.3 Å². The minimum atomic E-state index is -0.815. The van der Waals surface area contributed by atoms with Gasteiger partial charge in [-0.3, -0.25) is 0 Å². The number of aryl methyl sites for hydroxylation is 1. The predicted molar refractivity (Wildman–Crippen MR) is 72.0 cm³/mol. The normalized spacial score (nSPS) is 17.9. The first-order chi connectivity index (χ1) is 10.2. The molecule has 2 aromatic rings. The lowest BCUT2D eigenvalue weighted by atomic mass is 10.0. The monoisotopic (exact) mass is 291 g/mol. The Morgan fingerprint density at radius 2 is 2.05 bits per heavy atom. The maximum Gasteiger partial charge on any atom is 0.246 e. The van der Waals surface area contributed by atoms with Crippen molar-refractivity contribution < 1.29 is 13.3 Å². The largest absolute Gasteiger partial charge is 0.362 e. The van der Waals surface area contributed by atoms with E-state index in [1.54, 1.807) is 0 Å². The Balaban J connectivity index is 1.59. The van der Waals surface area contributed by atoms with Crippen LogP contribution in [-0.2, 0) is 13.0 Å². The van der Waals surface area contributed by atoms with Crippen LogP contribution in [-0.4, -0.2) is 16.7 Å². The summed E-state index contributed by atoms with van der Waals surface area (Å²) in [6.45, 7) is 1.22. The number of hydrogen-bond acceptors (Lipinski definition) is 4. The van der Waals surface area contributed by atoms with E-state index in [4.69, 9.17) is 4.52 Å². The molecule has 1 aromatic heterocycles. The van der Waals surface area contributed by atoms with Crippen molar-refractivity contribution >= 4 is 5.69 Å². The topological polar surface area (TPSA) is 42.2 Å². The molecule has 2 heterocycles. The van der Waals surface area contributed by atoms with E-state index in [-0.39, 0.29) is 0 Å². The smallest absolute Gasteiger partial charge is 0.246 e. The number of nitrogens with zero attached hydrogens (tertiary/aromatic N) is 3. The first-order valence-corrected chi connectivity index (χ1v) is 7.26. The molecule has 0 spiro atoms. The average molecular weight is 291 g/mol. The SMILES string of the molecule is Fc1cc2c(cc1F)N(Cc1nc(C3CC3)no1)CCC2. The van der Waals surface area contributed by atoms with E-state index >= 15 is 0 Å². The molecule has 1 saturated carbocycles. The quantitative estimate of drug-likeness (QED) is 0.871. The van der Waals surface area contributed by atoms with E-state index < -0.39 is 11.6 Å². The molecule has 0 amide bonds. The molecule has 1 fully saturated rings. The van der Waals surface area contributed by atoms with Crippen LogP contribution in [0, 0.1) is 11.6 Å². The highest BCUT2D eigenvalue weighted by Gasteiger charge is 2.29. The van der Waals surface area contributed by atoms with Crippen LogP contribution >= 0.6 is 0 Å². The Hall–Kier alpha value is -1.98. The van der Waals surface area contributed by atoms with Crippen molar-refractivity contribution in [3.05, 3.63) is 41.0 Å². The van der Waals surface area contributed by atoms with Crippen LogP contribution in [0.5, 0.6) is 0 Å². The summed E-state index contributed by atoms with van der Waals surface area (Å²) in [6, 6.07) is 2.56. The van der Waals surface area contributed by atoms with Crippen LogP contribution in [0.2, 0.25) is 0 Å². The zero-order valence-electron chi connectivity index (χ0n) is 11.5. The fraction of sp³-hybridized carbons (Fsp3) is 0.467. The van der Waals surface area contributed by atoms with Crippen molar-refractivity contribution in [2.24, 2.45) is 0 Å². The molecule has 4 nitrogen and oxygen atoms in total. The molecule has 1 aliphatic carbocycles. The lowest BCUT2D eigenvalue weighted by Crippen LogP contribution is -2.29. The van der Waals surface area contributed by atoms with Crippen molar-refractivity contribution in [2.75, 3.05) is 11.4 Å². The summed E-state index contributed by atoms with van der Waals surface area (Å²) in [4.78, 5) is 6.37. The number of rotatable bonds is 3. The molecule has 0 N–H and O–H groups in total. The third kappa shape index (κ3) is 2.39. The number of hydrogen-bond donors (Lipinski definition) is 0. The first kappa shape index (κ1) is 12.7. The second kappa shape index (κ2) is 4.79. The van der Waals surface area contributed by atoms with Gasteiger partial charge in [0, 0.05) is 24.2 Å². The van der Waals surface area contributed by atoms with Gasteiger partial charge in [-0.25, -0.2) is 8.78 Å². The van der Waals surface area contributed by atoms with Crippen molar-refractivity contribution in [2.45, 2.75) is 38.1 Å². The summed E-state index contributed by atoms with van der Waals surface area (Å²) in [7, 11) is 0. The molecule has 6 heteroatoms. The highest BCUT2D eigenvalue weighted by atomic mass is 19.2. The van der Waals surface area contributed by atoms with Gasteiger partial charge in [-0.15, -0.1) is 0 Å². The molecule has 0 saturated heterocycles. The van der Waals surface area contributed by atoms with Gasteiger partial charge in [0.2, 0.25) is 5.89 Å². The highest BCUT2D eigenvalue weighted by molar-refractivity contribution is 5.55. The maximum atomic E-state index is 13.5. The van der Waals surface area contributed by atoms with E-state index in [2.05, 4.69) is 10.1 Å². The first-order valence-electron chi connectivity index (χ1n) is 7.26. The second-order valence-electron chi connectivity index (χ2n) is 5.74. The van der Waals surface area contributed by atoms with Crippen LogP contribution in [0.25, 0.3) is 0 Å². The maximum absolute atomic E-state index is 13.5. The van der Waals surface area contributed by atoms with Crippen LogP contribution in [0.4, 0.5) is 14.5 Å². The van der Waals surface area contributed by atoms with Gasteiger partial charge in [-0.1, -0.05) is 5.16 Å². The summed E-state index contributed by atoms with van der Waals surface area (Å²) in [6.07, 6.45) is 3.91. The zero-order valence-corrected chi connectivity index (χ0v) is 11.5. The van der Waals surface area contributed by atoms with E-state index in [0.29, 0.717) is 18.4 Å². The van der Waals surface area contributed by atoms with Gasteiger partial charge in [0.25, 0.3) is 0 Å². The minimum Gasteiger partial charge on any atom is -0.362 e. The van der Waals surface area contributed by atoms with Crippen molar-refractivity contribution in [3.63, 3.8) is 0 Å². The molecule has 2 aliphatic rings. The van der Waals surface area contributed by atoms with Gasteiger partial charge < -0.3 is 9.42 Å². The molecule has 4 rings (SSSR count). The summed E-state index contributed by atoms with van der Waals surface area (Å²) in [5.74, 6) is 0.152. The van der Waals surface area contributed by atoms with Gasteiger partial charge in [-0.2, -0.15) is 4.98 Å². The molecule has 0 bridgehead atoms. The zero-order chi connectivity index (χ0) is 14.4. The van der Waals surface area contributed by atoms with Crippen molar-refractivity contribution in [1.82, 2.24) is 10.1 Å². The van der Waals surface area contributed by atoms with E-state index in [1.807, 2.05) is 4.90 Å². The van der Waals surface area contributed by atoms with E-state index in [1.165, 1.54) is 12.1 Å². The third-order valence-electron chi connectivity index (χ3n) is 4.09. The Morgan fingerprint density at radius 1 is 1.24 bits per heavy atom. The Bertz CT molecular complexity index is 682. The number of anilines is 1. The molecule has 0 atom stereocenters. The molecule has 21 heavy (non-hydrogen) atoms. The van der Waals surface area contributed by atoms with Crippen molar-refractivity contribution in [1.29, 1.82) is 0 Å². The van der Waals surface area contributed by atoms with E-state index in [0.717, 1.165) is 49.3 Å². The number of benzene rings is 1. The molecule has 0 radical (unpaired) electrons. The summed E-state index contributed by atoms with van der Waals surface area (Å²) in [5.41, 5.74) is 1.56. The van der Waals surface area contributed by atoms with Gasteiger partial charge >= 0.3 is 0 Å². The minimum absolute atomic E-state index is 0.442. The Kier molecular flexibility index (Phi) is 2.90. The summed E-state index contributed by atoms with van der Waals surface area (Å²) >= 11 is 0. The van der Waals surface area contributed by atoms with Crippen LogP contribution in [0.15, 0.2) is 16.7 Å². The highest BCUT2D eigenvalue weighted by Crippen LogP contribution is 2.38. The van der Waals surface area contributed by atoms with Gasteiger partial charge in [0.15, 0.2) is 17.5 Å². The standard InChI is InChI=1S/C15H15F2N3O/c16-11-6-10-2-1-5-20(13(10)7-12(11)17)8-14-18-15(19-21-14)9-3-4-9/h6-7,9H,1-5,8H2. The lowest BCUT2D eigenvalue weighted by Gasteiger charge is -2.30. The summed E-state index contributed by atoms with van der Waals surface area (Å²) < 4.78 is 32.1. The van der Waals surface area contributed by atoms with Gasteiger partial charge in [0.1, 0.15) is 0 Å². The molecule has 0 unspecified atom stereocenters. The number of fused-ring (bicyclic) bond motifs is 1. The number of aromatic nitrogens is 2.